The SMILES string of the molecule is FCC(CF)C(CCl)CCl. The van der Waals surface area contributed by atoms with Gasteiger partial charge in [0.25, 0.3) is 0 Å². The summed E-state index contributed by atoms with van der Waals surface area (Å²) in [7, 11) is 0. The summed E-state index contributed by atoms with van der Waals surface area (Å²) in [5.41, 5.74) is 0. The van der Waals surface area contributed by atoms with Gasteiger partial charge in [-0.3, -0.25) is 8.78 Å². The van der Waals surface area contributed by atoms with Crippen molar-refractivity contribution in [2.45, 2.75) is 0 Å². The van der Waals surface area contributed by atoms with Crippen LogP contribution < -0.4 is 0 Å². The second-order valence-electron chi connectivity index (χ2n) is 2.14. The van der Waals surface area contributed by atoms with Gasteiger partial charge in [0.2, 0.25) is 0 Å². The van der Waals surface area contributed by atoms with E-state index < -0.39 is 19.3 Å². The minimum absolute atomic E-state index is 0.224. The Morgan fingerprint density at radius 1 is 0.900 bits per heavy atom. The van der Waals surface area contributed by atoms with Gasteiger partial charge in [0.05, 0.1) is 13.3 Å². The maximum absolute atomic E-state index is 11.9. The molecule has 0 aromatic heterocycles. The molecule has 0 unspecified atom stereocenters. The number of halogens is 4. The molecule has 0 aliphatic rings. The van der Waals surface area contributed by atoms with E-state index in [0.29, 0.717) is 0 Å². The molecule has 62 valence electrons. The summed E-state index contributed by atoms with van der Waals surface area (Å²) in [5.74, 6) is -0.405. The third-order valence-corrected chi connectivity index (χ3v) is 2.25. The molecule has 0 fully saturated rings. The molecule has 0 nitrogen and oxygen atoms in total. The zero-order valence-electron chi connectivity index (χ0n) is 5.49. The first kappa shape index (κ1) is 10.4. The smallest absolute Gasteiger partial charge is 0.0951 e. The van der Waals surface area contributed by atoms with Gasteiger partial charge >= 0.3 is 0 Å². The fourth-order valence-corrected chi connectivity index (χ4v) is 1.42. The van der Waals surface area contributed by atoms with Crippen molar-refractivity contribution < 1.29 is 8.78 Å². The van der Waals surface area contributed by atoms with Crippen LogP contribution in [-0.2, 0) is 0 Å². The summed E-state index contributed by atoms with van der Waals surface area (Å²) in [6, 6.07) is 0. The van der Waals surface area contributed by atoms with Crippen LogP contribution in [-0.4, -0.2) is 25.1 Å². The standard InChI is InChI=1S/C6H10Cl2F2/c7-1-5(2-8)6(3-9)4-10/h5-6H,1-4H2. The molecule has 0 saturated heterocycles. The molecular weight excluding hydrogens is 181 g/mol. The van der Waals surface area contributed by atoms with Crippen molar-refractivity contribution in [1.29, 1.82) is 0 Å². The zero-order valence-corrected chi connectivity index (χ0v) is 7.01. The summed E-state index contributed by atoms with van der Waals surface area (Å²) in [5, 5.41) is 0. The number of hydrogen-bond donors (Lipinski definition) is 0. The van der Waals surface area contributed by atoms with Crippen LogP contribution in [0.4, 0.5) is 8.78 Å². The van der Waals surface area contributed by atoms with E-state index >= 15 is 0 Å². The van der Waals surface area contributed by atoms with E-state index in [1.165, 1.54) is 0 Å². The molecule has 0 heterocycles. The minimum Gasteiger partial charge on any atom is -0.251 e. The molecule has 0 saturated carbocycles. The van der Waals surface area contributed by atoms with Crippen LogP contribution >= 0.6 is 23.2 Å². The molecule has 0 aliphatic carbocycles. The third-order valence-electron chi connectivity index (χ3n) is 1.46. The van der Waals surface area contributed by atoms with Crippen molar-refractivity contribution in [2.24, 2.45) is 11.8 Å². The second-order valence-corrected chi connectivity index (χ2v) is 2.75. The molecule has 0 amide bonds. The summed E-state index contributed by atoms with van der Waals surface area (Å²) in [4.78, 5) is 0. The fraction of sp³-hybridized carbons (Fsp3) is 1.00. The van der Waals surface area contributed by atoms with E-state index in [-0.39, 0.29) is 17.7 Å². The van der Waals surface area contributed by atoms with Gasteiger partial charge in [0, 0.05) is 17.7 Å². The van der Waals surface area contributed by atoms with Gasteiger partial charge < -0.3 is 0 Å². The van der Waals surface area contributed by atoms with Gasteiger partial charge in [0.1, 0.15) is 0 Å². The van der Waals surface area contributed by atoms with Crippen LogP contribution in [0, 0.1) is 11.8 Å². The molecule has 0 spiro atoms. The van der Waals surface area contributed by atoms with Gasteiger partial charge in [-0.1, -0.05) is 0 Å². The Morgan fingerprint density at radius 2 is 1.30 bits per heavy atom. The van der Waals surface area contributed by atoms with Crippen LogP contribution in [0.2, 0.25) is 0 Å². The van der Waals surface area contributed by atoms with Crippen LogP contribution in [0.15, 0.2) is 0 Å². The van der Waals surface area contributed by atoms with Crippen molar-refractivity contribution in [2.75, 3.05) is 25.1 Å². The third kappa shape index (κ3) is 3.02. The summed E-state index contributed by atoms with van der Waals surface area (Å²) in [6.07, 6.45) is 0. The Morgan fingerprint density at radius 3 is 1.40 bits per heavy atom. The first-order chi connectivity index (χ1) is 4.79. The average Bonchev–Trinajstić information content (AvgIpc) is 2.00. The highest BCUT2D eigenvalue weighted by atomic mass is 35.5. The van der Waals surface area contributed by atoms with E-state index in [1.807, 2.05) is 0 Å². The van der Waals surface area contributed by atoms with Crippen LogP contribution in [0.3, 0.4) is 0 Å². The van der Waals surface area contributed by atoms with Crippen LogP contribution in [0.1, 0.15) is 0 Å². The fourth-order valence-electron chi connectivity index (χ4n) is 0.586. The molecule has 10 heavy (non-hydrogen) atoms. The van der Waals surface area contributed by atoms with Gasteiger partial charge in [0.15, 0.2) is 0 Å². The summed E-state index contributed by atoms with van der Waals surface area (Å²) >= 11 is 10.8. The molecule has 0 aliphatic heterocycles. The van der Waals surface area contributed by atoms with Crippen molar-refractivity contribution >= 4 is 23.2 Å². The van der Waals surface area contributed by atoms with Gasteiger partial charge in [-0.15, -0.1) is 23.2 Å². The molecule has 0 aromatic rings. The molecule has 0 N–H and O–H groups in total. The van der Waals surface area contributed by atoms with Crippen molar-refractivity contribution in [1.82, 2.24) is 0 Å². The van der Waals surface area contributed by atoms with Gasteiger partial charge in [-0.2, -0.15) is 0 Å². The molecule has 0 bridgehead atoms. The molecule has 0 atom stereocenters. The van der Waals surface area contributed by atoms with E-state index in [4.69, 9.17) is 23.2 Å². The minimum atomic E-state index is -0.680. The molecule has 4 heteroatoms. The average molecular weight is 191 g/mol. The van der Waals surface area contributed by atoms with Crippen molar-refractivity contribution in [3.05, 3.63) is 0 Å². The lowest BCUT2D eigenvalue weighted by Crippen LogP contribution is -2.21. The molecule has 0 radical (unpaired) electrons. The zero-order chi connectivity index (χ0) is 7.98. The Hall–Kier alpha value is 0.440. The predicted molar refractivity (Wildman–Crippen MR) is 40.4 cm³/mol. The summed E-state index contributed by atoms with van der Waals surface area (Å²) < 4.78 is 23.8. The monoisotopic (exact) mass is 190 g/mol. The molecular formula is C6H10Cl2F2. The Kier molecular flexibility index (Phi) is 6.44. The number of rotatable bonds is 5. The van der Waals surface area contributed by atoms with Crippen molar-refractivity contribution in [3.8, 4) is 0 Å². The Bertz CT molecular complexity index is 62.1. The molecule has 0 rings (SSSR count). The summed E-state index contributed by atoms with van der Waals surface area (Å²) in [6.45, 7) is -1.36. The second kappa shape index (κ2) is 6.17. The lowest BCUT2D eigenvalue weighted by Gasteiger charge is -2.16. The van der Waals surface area contributed by atoms with Crippen LogP contribution in [0.25, 0.3) is 0 Å². The number of hydrogen-bond acceptors (Lipinski definition) is 0. The topological polar surface area (TPSA) is 0 Å². The first-order valence-corrected chi connectivity index (χ1v) is 4.10. The number of alkyl halides is 4. The maximum atomic E-state index is 11.9. The highest BCUT2D eigenvalue weighted by Crippen LogP contribution is 2.16. The predicted octanol–water partition coefficient (Wildman–Crippen LogP) is 2.64. The Labute approximate surface area is 69.5 Å². The lowest BCUT2D eigenvalue weighted by molar-refractivity contribution is 0.235. The van der Waals surface area contributed by atoms with E-state index in [2.05, 4.69) is 0 Å². The highest BCUT2D eigenvalue weighted by Gasteiger charge is 2.19. The van der Waals surface area contributed by atoms with Gasteiger partial charge in [-0.05, 0) is 5.92 Å². The normalized spacial score (nSPS) is 11.4. The maximum Gasteiger partial charge on any atom is 0.0951 e. The lowest BCUT2D eigenvalue weighted by atomic mass is 9.99. The van der Waals surface area contributed by atoms with E-state index in [0.717, 1.165) is 0 Å². The van der Waals surface area contributed by atoms with Gasteiger partial charge in [-0.25, -0.2) is 0 Å². The molecule has 0 aromatic carbocycles. The Balaban J connectivity index is 3.70. The first-order valence-electron chi connectivity index (χ1n) is 3.04. The van der Waals surface area contributed by atoms with E-state index in [9.17, 15) is 8.78 Å². The highest BCUT2D eigenvalue weighted by molar-refractivity contribution is 6.20. The van der Waals surface area contributed by atoms with Crippen molar-refractivity contribution in [3.63, 3.8) is 0 Å². The largest absolute Gasteiger partial charge is 0.251 e. The van der Waals surface area contributed by atoms with E-state index in [1.54, 1.807) is 0 Å². The quantitative estimate of drug-likeness (QED) is 0.586. The van der Waals surface area contributed by atoms with Crippen LogP contribution in [0.5, 0.6) is 0 Å².